The number of ether oxygens (including phenoxy) is 1. The van der Waals surface area contributed by atoms with Gasteiger partial charge in [0.15, 0.2) is 0 Å². The lowest BCUT2D eigenvalue weighted by Crippen LogP contribution is -2.32. The summed E-state index contributed by atoms with van der Waals surface area (Å²) in [6, 6.07) is 0. The van der Waals surface area contributed by atoms with Crippen LogP contribution in [-0.2, 0) is 4.74 Å². The van der Waals surface area contributed by atoms with Gasteiger partial charge in [0.05, 0.1) is 25.9 Å². The van der Waals surface area contributed by atoms with E-state index in [1.807, 2.05) is 14.1 Å². The van der Waals surface area contributed by atoms with Gasteiger partial charge < -0.3 is 25.2 Å². The SMILES string of the molecule is CN(C)CCOCCNC[C@H](O)CO. The number of hydrogen-bond donors (Lipinski definition) is 3. The van der Waals surface area contributed by atoms with E-state index in [1.54, 1.807) is 0 Å². The fourth-order valence-corrected chi connectivity index (χ4v) is 0.827. The van der Waals surface area contributed by atoms with Crippen LogP contribution in [-0.4, -0.2) is 74.8 Å². The van der Waals surface area contributed by atoms with Gasteiger partial charge in [-0.3, -0.25) is 0 Å². The molecule has 0 bridgehead atoms. The smallest absolute Gasteiger partial charge is 0.0894 e. The highest BCUT2D eigenvalue weighted by atomic mass is 16.5. The fourth-order valence-electron chi connectivity index (χ4n) is 0.827. The third-order valence-electron chi connectivity index (χ3n) is 1.70. The molecule has 0 aliphatic heterocycles. The van der Waals surface area contributed by atoms with Gasteiger partial charge in [0.25, 0.3) is 0 Å². The monoisotopic (exact) mass is 206 g/mol. The van der Waals surface area contributed by atoms with Gasteiger partial charge in [-0.25, -0.2) is 0 Å². The lowest BCUT2D eigenvalue weighted by Gasteiger charge is -2.11. The quantitative estimate of drug-likeness (QED) is 0.401. The number of likely N-dealkylation sites (N-methyl/N-ethyl adjacent to an activating group) is 1. The molecule has 0 fully saturated rings. The number of aliphatic hydroxyl groups excluding tert-OH is 2. The largest absolute Gasteiger partial charge is 0.394 e. The zero-order valence-corrected chi connectivity index (χ0v) is 9.07. The minimum atomic E-state index is -0.670. The minimum absolute atomic E-state index is 0.200. The predicted octanol–water partition coefficient (Wildman–Crippen LogP) is -1.49. The van der Waals surface area contributed by atoms with Gasteiger partial charge in [-0.05, 0) is 14.1 Å². The Hall–Kier alpha value is -0.200. The molecule has 3 N–H and O–H groups in total. The molecule has 0 aliphatic carbocycles. The van der Waals surface area contributed by atoms with E-state index in [-0.39, 0.29) is 6.61 Å². The topological polar surface area (TPSA) is 65.0 Å². The number of hydrogen-bond acceptors (Lipinski definition) is 5. The summed E-state index contributed by atoms with van der Waals surface area (Å²) in [6.07, 6.45) is -0.670. The molecule has 0 radical (unpaired) electrons. The molecule has 5 nitrogen and oxygen atoms in total. The molecule has 0 saturated heterocycles. The number of rotatable bonds is 9. The van der Waals surface area contributed by atoms with E-state index in [9.17, 15) is 0 Å². The van der Waals surface area contributed by atoms with Gasteiger partial charge in [-0.1, -0.05) is 0 Å². The molecule has 0 amide bonds. The van der Waals surface area contributed by atoms with Crippen LogP contribution in [0.25, 0.3) is 0 Å². The van der Waals surface area contributed by atoms with Crippen molar-refractivity contribution in [3.8, 4) is 0 Å². The van der Waals surface area contributed by atoms with Gasteiger partial charge in [-0.2, -0.15) is 0 Å². The Labute approximate surface area is 85.7 Å². The number of aliphatic hydroxyl groups is 2. The predicted molar refractivity (Wildman–Crippen MR) is 55.3 cm³/mol. The summed E-state index contributed by atoms with van der Waals surface area (Å²) in [4.78, 5) is 2.06. The third kappa shape index (κ3) is 9.88. The Morgan fingerprint density at radius 2 is 2.07 bits per heavy atom. The van der Waals surface area contributed by atoms with Crippen LogP contribution < -0.4 is 5.32 Å². The maximum absolute atomic E-state index is 8.97. The van der Waals surface area contributed by atoms with Crippen molar-refractivity contribution in [3.05, 3.63) is 0 Å². The van der Waals surface area contributed by atoms with Crippen molar-refractivity contribution < 1.29 is 14.9 Å². The molecule has 1 atom stereocenters. The zero-order valence-electron chi connectivity index (χ0n) is 9.07. The Balaban J connectivity index is 2.99. The van der Waals surface area contributed by atoms with E-state index in [1.165, 1.54) is 0 Å². The summed E-state index contributed by atoms with van der Waals surface area (Å²) in [5.41, 5.74) is 0. The fraction of sp³-hybridized carbons (Fsp3) is 1.00. The second-order valence-electron chi connectivity index (χ2n) is 3.46. The van der Waals surface area contributed by atoms with E-state index in [2.05, 4.69) is 10.2 Å². The molecule has 0 aromatic carbocycles. The van der Waals surface area contributed by atoms with Gasteiger partial charge in [-0.15, -0.1) is 0 Å². The first-order valence-electron chi connectivity index (χ1n) is 4.89. The minimum Gasteiger partial charge on any atom is -0.394 e. The van der Waals surface area contributed by atoms with Crippen molar-refractivity contribution in [2.45, 2.75) is 6.10 Å². The van der Waals surface area contributed by atoms with E-state index in [4.69, 9.17) is 14.9 Å². The zero-order chi connectivity index (χ0) is 10.8. The Morgan fingerprint density at radius 1 is 1.36 bits per heavy atom. The van der Waals surface area contributed by atoms with Crippen molar-refractivity contribution in [1.29, 1.82) is 0 Å². The summed E-state index contributed by atoms with van der Waals surface area (Å²) in [6.45, 7) is 3.18. The number of nitrogens with zero attached hydrogens (tertiary/aromatic N) is 1. The third-order valence-corrected chi connectivity index (χ3v) is 1.70. The highest BCUT2D eigenvalue weighted by Gasteiger charge is 1.99. The average molecular weight is 206 g/mol. The van der Waals surface area contributed by atoms with Crippen molar-refractivity contribution in [2.75, 3.05) is 53.6 Å². The van der Waals surface area contributed by atoms with Crippen LogP contribution in [0.4, 0.5) is 0 Å². The first kappa shape index (κ1) is 13.8. The first-order valence-corrected chi connectivity index (χ1v) is 4.89. The Kier molecular flexibility index (Phi) is 9.23. The molecule has 86 valence electrons. The molecule has 0 aromatic heterocycles. The number of nitrogens with one attached hydrogen (secondary N) is 1. The molecule has 14 heavy (non-hydrogen) atoms. The van der Waals surface area contributed by atoms with Gasteiger partial charge in [0, 0.05) is 19.6 Å². The lowest BCUT2D eigenvalue weighted by atomic mass is 10.4. The maximum atomic E-state index is 8.97. The van der Waals surface area contributed by atoms with Crippen molar-refractivity contribution in [1.82, 2.24) is 10.2 Å². The lowest BCUT2D eigenvalue weighted by molar-refractivity contribution is 0.0870. The van der Waals surface area contributed by atoms with Crippen LogP contribution in [0.3, 0.4) is 0 Å². The van der Waals surface area contributed by atoms with Crippen molar-refractivity contribution in [3.63, 3.8) is 0 Å². The van der Waals surface area contributed by atoms with E-state index < -0.39 is 6.10 Å². The molecule has 0 unspecified atom stereocenters. The van der Waals surface area contributed by atoms with Crippen LogP contribution in [0.5, 0.6) is 0 Å². The molecule has 5 heteroatoms. The van der Waals surface area contributed by atoms with Crippen molar-refractivity contribution >= 4 is 0 Å². The molecule has 0 rings (SSSR count). The average Bonchev–Trinajstić information content (AvgIpc) is 2.15. The van der Waals surface area contributed by atoms with E-state index in [0.29, 0.717) is 19.7 Å². The Morgan fingerprint density at radius 3 is 2.64 bits per heavy atom. The summed E-state index contributed by atoms with van der Waals surface area (Å²) in [5, 5.41) is 20.5. The second kappa shape index (κ2) is 9.36. The Bertz CT molecular complexity index is 123. The van der Waals surface area contributed by atoms with Crippen molar-refractivity contribution in [2.24, 2.45) is 0 Å². The highest BCUT2D eigenvalue weighted by Crippen LogP contribution is 1.79. The standard InChI is InChI=1S/C9H22N2O3/c1-11(2)4-6-14-5-3-10-7-9(13)8-12/h9-10,12-13H,3-8H2,1-2H3/t9-/m0/s1. The molecule has 0 spiro atoms. The summed E-state index contributed by atoms with van der Waals surface area (Å²) >= 11 is 0. The molecule has 0 aliphatic rings. The van der Waals surface area contributed by atoms with Gasteiger partial charge >= 0.3 is 0 Å². The molecular formula is C9H22N2O3. The van der Waals surface area contributed by atoms with Gasteiger partial charge in [0.2, 0.25) is 0 Å². The second-order valence-corrected chi connectivity index (χ2v) is 3.46. The van der Waals surface area contributed by atoms with E-state index in [0.717, 1.165) is 13.2 Å². The molecule has 0 saturated carbocycles. The molecular weight excluding hydrogens is 184 g/mol. The van der Waals surface area contributed by atoms with Crippen LogP contribution in [0.2, 0.25) is 0 Å². The van der Waals surface area contributed by atoms with Crippen LogP contribution in [0.1, 0.15) is 0 Å². The van der Waals surface area contributed by atoms with Gasteiger partial charge in [0.1, 0.15) is 0 Å². The molecule has 0 aromatic rings. The normalized spacial score (nSPS) is 13.5. The van der Waals surface area contributed by atoms with Crippen LogP contribution in [0.15, 0.2) is 0 Å². The highest BCUT2D eigenvalue weighted by molar-refractivity contribution is 4.56. The maximum Gasteiger partial charge on any atom is 0.0894 e. The summed E-state index contributed by atoms with van der Waals surface area (Å²) in [5.74, 6) is 0. The van der Waals surface area contributed by atoms with E-state index >= 15 is 0 Å². The summed E-state index contributed by atoms with van der Waals surface area (Å²) in [7, 11) is 4.00. The van der Waals surface area contributed by atoms with Crippen LogP contribution >= 0.6 is 0 Å². The first-order chi connectivity index (χ1) is 6.66. The van der Waals surface area contributed by atoms with Crippen LogP contribution in [0, 0.1) is 0 Å². The molecule has 0 heterocycles. The summed E-state index contributed by atoms with van der Waals surface area (Å²) < 4.78 is 5.31.